The Labute approximate surface area is 610 Å². The molecule has 1 aromatic rings. The Morgan fingerprint density at radius 2 is 0.505 bits per heavy atom. The molecule has 31 heteroatoms. The molecular weight excluding hydrogens is 1330 g/mol. The molecule has 12 amide bonds. The summed E-state index contributed by atoms with van der Waals surface area (Å²) in [7, 11) is 0. The fourth-order valence-corrected chi connectivity index (χ4v) is 11.2. The smallest absolute Gasteiger partial charge is 0.326 e. The Morgan fingerprint density at radius 1 is 0.291 bits per heavy atom. The van der Waals surface area contributed by atoms with Crippen molar-refractivity contribution >= 4 is 76.9 Å². The fourth-order valence-electron chi connectivity index (χ4n) is 11.2. The number of carboxylic acid groups (broad SMARTS) is 1. The molecule has 0 unspecified atom stereocenters. The van der Waals surface area contributed by atoms with Gasteiger partial charge in [-0.15, -0.1) is 0 Å². The van der Waals surface area contributed by atoms with Crippen LogP contribution in [-0.4, -0.2) is 187 Å². The first kappa shape index (κ1) is 93.1. The average molecular weight is 1460 g/mol. The minimum absolute atomic E-state index is 0.0534. The maximum atomic E-state index is 14.4. The zero-order valence-corrected chi connectivity index (χ0v) is 63.5. The number of aliphatic carboxylic acids is 1. The van der Waals surface area contributed by atoms with E-state index in [0.29, 0.717) is 64.5 Å². The zero-order valence-electron chi connectivity index (χ0n) is 63.5. The first-order chi connectivity index (χ1) is 48.5. The van der Waals surface area contributed by atoms with Crippen molar-refractivity contribution in [2.75, 3.05) is 26.2 Å². The van der Waals surface area contributed by atoms with Crippen molar-refractivity contribution in [2.24, 2.45) is 58.3 Å². The van der Waals surface area contributed by atoms with Crippen LogP contribution in [-0.2, 0) is 68.7 Å². The van der Waals surface area contributed by atoms with Crippen LogP contribution in [0.15, 0.2) is 30.3 Å². The third kappa shape index (κ3) is 38.5. The minimum Gasteiger partial charge on any atom is -0.480 e. The number of nitrogens with two attached hydrogens (primary N) is 5. The Morgan fingerprint density at radius 3 is 0.777 bits per heavy atom. The largest absolute Gasteiger partial charge is 0.480 e. The van der Waals surface area contributed by atoms with Gasteiger partial charge < -0.3 is 97.6 Å². The number of carbonyl (C=O) groups is 13. The maximum Gasteiger partial charge on any atom is 0.326 e. The second kappa shape index (κ2) is 50.5. The Hall–Kier alpha value is -7.87. The van der Waals surface area contributed by atoms with Crippen LogP contribution in [0.5, 0.6) is 0 Å². The quantitative estimate of drug-likeness (QED) is 0.0389. The van der Waals surface area contributed by atoms with Crippen molar-refractivity contribution in [2.45, 2.75) is 284 Å². The number of hydrogen-bond acceptors (Lipinski definition) is 18. The van der Waals surface area contributed by atoms with Gasteiger partial charge in [0, 0.05) is 0 Å². The molecule has 103 heavy (non-hydrogen) atoms. The molecule has 0 bridgehead atoms. The lowest BCUT2D eigenvalue weighted by Gasteiger charge is -2.28. The Balaban J connectivity index is 3.38. The summed E-state index contributed by atoms with van der Waals surface area (Å²) in [5.74, 6) is -10.7. The number of nitrogens with one attached hydrogen (secondary N) is 12. The summed E-state index contributed by atoms with van der Waals surface area (Å²) in [6, 6.07) is -6.50. The molecule has 0 heterocycles. The van der Waals surface area contributed by atoms with E-state index in [0.717, 1.165) is 5.56 Å². The highest BCUT2D eigenvalue weighted by Gasteiger charge is 2.37. The number of benzene rings is 1. The molecule has 23 N–H and O–H groups in total. The van der Waals surface area contributed by atoms with Gasteiger partial charge in [-0.25, -0.2) is 4.79 Å². The summed E-state index contributed by atoms with van der Waals surface area (Å²) in [4.78, 5) is 180. The van der Waals surface area contributed by atoms with Gasteiger partial charge in [0.25, 0.3) is 0 Å². The van der Waals surface area contributed by atoms with E-state index >= 15 is 0 Å². The number of carbonyl (C=O) groups excluding carboxylic acids is 12. The molecule has 0 saturated carbocycles. The molecule has 0 aromatic heterocycles. The Kier molecular flexibility index (Phi) is 45.7. The first-order valence-electron chi connectivity index (χ1n) is 37.0. The molecule has 0 saturated heterocycles. The molecule has 0 spiro atoms. The first-order valence-corrected chi connectivity index (χ1v) is 37.0. The second-order valence-corrected chi connectivity index (χ2v) is 29.2. The van der Waals surface area contributed by atoms with Crippen LogP contribution in [0, 0.1) is 29.6 Å². The van der Waals surface area contributed by atoms with Gasteiger partial charge in [0.1, 0.15) is 72.5 Å². The van der Waals surface area contributed by atoms with E-state index in [-0.39, 0.29) is 107 Å². The van der Waals surface area contributed by atoms with E-state index in [4.69, 9.17) is 28.7 Å². The second-order valence-electron chi connectivity index (χ2n) is 29.2. The van der Waals surface area contributed by atoms with Gasteiger partial charge in [0.05, 0.1) is 6.04 Å². The fraction of sp³-hybridized carbons (Fsp3) is 0.736. The third-order valence-electron chi connectivity index (χ3n) is 16.9. The predicted molar refractivity (Wildman–Crippen MR) is 395 cm³/mol. The topological polar surface area (TPSA) is 517 Å². The molecule has 0 aliphatic heterocycles. The molecule has 0 radical (unpaired) electrons. The van der Waals surface area contributed by atoms with E-state index in [1.807, 2.05) is 99.6 Å². The molecule has 13 atom stereocenters. The van der Waals surface area contributed by atoms with Crippen LogP contribution in [0.4, 0.5) is 0 Å². The molecule has 1 rings (SSSR count). The molecule has 31 nitrogen and oxygen atoms in total. The van der Waals surface area contributed by atoms with Gasteiger partial charge >= 0.3 is 5.97 Å². The van der Waals surface area contributed by atoms with Crippen molar-refractivity contribution in [3.8, 4) is 0 Å². The molecule has 1 aromatic carbocycles. The van der Waals surface area contributed by atoms with Crippen molar-refractivity contribution in [3.05, 3.63) is 35.9 Å². The summed E-state index contributed by atoms with van der Waals surface area (Å²) in [5, 5.41) is 42.2. The van der Waals surface area contributed by atoms with E-state index in [1.165, 1.54) is 20.8 Å². The highest BCUT2D eigenvalue weighted by atomic mass is 16.4. The van der Waals surface area contributed by atoms with Crippen LogP contribution in [0.25, 0.3) is 0 Å². The maximum absolute atomic E-state index is 14.4. The molecule has 0 aliphatic rings. The molecule has 586 valence electrons. The standard InChI is InChI=1S/C72H129N17O14/c1-41(2)35-55(88-71(101)58(38-44(7)8)87-65(95)52(28-18-22-32-74)82-60(90)46(11)78-63(93)50(77)40-49-25-15-14-16-26-49)68(98)80-47(12)61(91)81-51(27-17-21-31-73)64(94)79-48(13)62(92)85-56(36-42(3)4)69(99)83-53(29-19-23-33-75)66(96)86-57(37-43(5)6)70(100)84-54(30-20-24-34-76)67(97)89-59(72(102)103)39-45(9)10/h14-16,25-26,41-48,50-59H,17-24,27-40,73-77H2,1-13H3,(H,78,93)(H,79,94)(H,80,98)(H,81,91)(H,82,90)(H,83,99)(H,84,100)(H,85,92)(H,86,96)(H,87,95)(H,88,101)(H,89,97)(H,102,103)/t46-,47-,48-,50-,51-,52-,53-,54-,55-,56-,57-,58-,59-/m0/s1. The van der Waals surface area contributed by atoms with E-state index in [1.54, 1.807) is 0 Å². The van der Waals surface area contributed by atoms with Crippen molar-refractivity contribution in [1.29, 1.82) is 0 Å². The monoisotopic (exact) mass is 1460 g/mol. The number of amides is 12. The van der Waals surface area contributed by atoms with Crippen molar-refractivity contribution < 1.29 is 67.4 Å². The number of carboxylic acids is 1. The van der Waals surface area contributed by atoms with Gasteiger partial charge in [-0.3, -0.25) is 57.5 Å². The lowest BCUT2D eigenvalue weighted by atomic mass is 9.99. The molecule has 0 fully saturated rings. The summed E-state index contributed by atoms with van der Waals surface area (Å²) in [6.07, 6.45) is 4.72. The van der Waals surface area contributed by atoms with E-state index in [2.05, 4.69) is 63.8 Å². The highest BCUT2D eigenvalue weighted by Crippen LogP contribution is 2.16. The van der Waals surface area contributed by atoms with Crippen LogP contribution < -0.4 is 92.5 Å². The van der Waals surface area contributed by atoms with Gasteiger partial charge in [-0.05, 0) is 198 Å². The SMILES string of the molecule is CC(C)C[C@H](NC(=O)[C@H](CCCCN)NC(=O)[C@H](CC(C)C)NC(=O)[C@H](CCCCN)NC(=O)[C@H](CC(C)C)NC(=O)[C@H](C)NC(=O)[C@H](CCCCN)NC(=O)[C@H](C)NC(=O)[C@H](CC(C)C)NC(=O)[C@H](CC(C)C)NC(=O)[C@H](CCCCN)NC(=O)[C@H](C)NC(=O)[C@@H](N)Cc1ccccc1)C(=O)O. The third-order valence-corrected chi connectivity index (χ3v) is 16.9. The van der Waals surface area contributed by atoms with E-state index in [9.17, 15) is 67.4 Å². The zero-order chi connectivity index (χ0) is 78.1. The van der Waals surface area contributed by atoms with Crippen molar-refractivity contribution in [3.63, 3.8) is 0 Å². The van der Waals surface area contributed by atoms with Crippen molar-refractivity contribution in [1.82, 2.24) is 63.8 Å². The number of unbranched alkanes of at least 4 members (excludes halogenated alkanes) is 4. The lowest BCUT2D eigenvalue weighted by molar-refractivity contribution is -0.143. The lowest BCUT2D eigenvalue weighted by Crippen LogP contribution is -2.60. The summed E-state index contributed by atoms with van der Waals surface area (Å²) in [6.45, 7) is 23.6. The van der Waals surface area contributed by atoms with Crippen LogP contribution in [0.1, 0.15) is 205 Å². The predicted octanol–water partition coefficient (Wildman–Crippen LogP) is 0.265. The Bertz CT molecular complexity index is 2810. The summed E-state index contributed by atoms with van der Waals surface area (Å²) in [5.41, 5.74) is 30.1. The number of rotatable bonds is 53. The summed E-state index contributed by atoms with van der Waals surface area (Å²) < 4.78 is 0. The van der Waals surface area contributed by atoms with Gasteiger partial charge in [0.15, 0.2) is 0 Å². The van der Waals surface area contributed by atoms with E-state index < -0.39 is 155 Å². The number of hydrogen-bond donors (Lipinski definition) is 18. The molecular formula is C72H129N17O14. The van der Waals surface area contributed by atoms with Crippen LogP contribution in [0.3, 0.4) is 0 Å². The van der Waals surface area contributed by atoms with Gasteiger partial charge in [0.2, 0.25) is 70.9 Å². The average Bonchev–Trinajstić information content (AvgIpc) is 0.866. The normalized spacial score (nSPS) is 15.3. The van der Waals surface area contributed by atoms with Gasteiger partial charge in [-0.1, -0.05) is 99.6 Å². The van der Waals surface area contributed by atoms with Crippen LogP contribution >= 0.6 is 0 Å². The van der Waals surface area contributed by atoms with Gasteiger partial charge in [-0.2, -0.15) is 0 Å². The minimum atomic E-state index is -1.31. The highest BCUT2D eigenvalue weighted by molar-refractivity contribution is 5.99. The molecule has 0 aliphatic carbocycles. The summed E-state index contributed by atoms with van der Waals surface area (Å²) >= 11 is 0. The van der Waals surface area contributed by atoms with Crippen LogP contribution in [0.2, 0.25) is 0 Å².